The summed E-state index contributed by atoms with van der Waals surface area (Å²) in [6, 6.07) is 12.1. The van der Waals surface area contributed by atoms with Crippen molar-refractivity contribution in [2.75, 3.05) is 0 Å². The molecule has 0 saturated heterocycles. The molecule has 0 aliphatic heterocycles. The van der Waals surface area contributed by atoms with Gasteiger partial charge in [0, 0.05) is 11.8 Å². The van der Waals surface area contributed by atoms with E-state index in [0.29, 0.717) is 6.42 Å². The fourth-order valence-corrected chi connectivity index (χ4v) is 1.98. The molecule has 104 valence electrons. The summed E-state index contributed by atoms with van der Waals surface area (Å²) in [5.74, 6) is -0.329. The summed E-state index contributed by atoms with van der Waals surface area (Å²) in [5, 5.41) is 9.49. The maximum Gasteiger partial charge on any atom is 0.243 e. The number of rotatable bonds is 6. The SMILES string of the molecule is O=C(CCCC/C=C/c1ccc2ccccc2n1)NO. The highest BCUT2D eigenvalue weighted by Gasteiger charge is 1.97. The number of hydrogen-bond acceptors (Lipinski definition) is 3. The van der Waals surface area contributed by atoms with Crippen LogP contribution in [0.4, 0.5) is 0 Å². The third kappa shape index (κ3) is 4.17. The van der Waals surface area contributed by atoms with Crippen LogP contribution in [-0.2, 0) is 4.79 Å². The van der Waals surface area contributed by atoms with E-state index in [9.17, 15) is 4.79 Å². The summed E-state index contributed by atoms with van der Waals surface area (Å²) in [7, 11) is 0. The highest BCUT2D eigenvalue weighted by atomic mass is 16.5. The van der Waals surface area contributed by atoms with Crippen molar-refractivity contribution in [2.24, 2.45) is 0 Å². The van der Waals surface area contributed by atoms with Crippen molar-refractivity contribution in [2.45, 2.75) is 25.7 Å². The smallest absolute Gasteiger partial charge is 0.243 e. The van der Waals surface area contributed by atoms with Gasteiger partial charge in [-0.15, -0.1) is 0 Å². The lowest BCUT2D eigenvalue weighted by molar-refractivity contribution is -0.129. The third-order valence-electron chi connectivity index (χ3n) is 3.06. The number of aromatic nitrogens is 1. The number of nitrogens with zero attached hydrogens (tertiary/aromatic N) is 1. The molecule has 1 aromatic heterocycles. The molecule has 2 N–H and O–H groups in total. The van der Waals surface area contributed by atoms with Gasteiger partial charge >= 0.3 is 0 Å². The van der Waals surface area contributed by atoms with Gasteiger partial charge in [-0.3, -0.25) is 10.0 Å². The first-order valence-corrected chi connectivity index (χ1v) is 6.75. The Morgan fingerprint density at radius 2 is 2.05 bits per heavy atom. The summed E-state index contributed by atoms with van der Waals surface area (Å²) in [6.07, 6.45) is 7.00. The number of fused-ring (bicyclic) bond motifs is 1. The van der Waals surface area contributed by atoms with E-state index in [4.69, 9.17) is 5.21 Å². The summed E-state index contributed by atoms with van der Waals surface area (Å²) in [6.45, 7) is 0. The van der Waals surface area contributed by atoms with Crippen molar-refractivity contribution in [3.05, 3.63) is 48.2 Å². The molecular formula is C16H18N2O2. The van der Waals surface area contributed by atoms with E-state index in [1.54, 1.807) is 5.48 Å². The number of pyridine rings is 1. The molecule has 0 aliphatic rings. The van der Waals surface area contributed by atoms with Crippen LogP contribution in [0.25, 0.3) is 17.0 Å². The van der Waals surface area contributed by atoms with Gasteiger partial charge < -0.3 is 0 Å². The first-order chi connectivity index (χ1) is 9.79. The summed E-state index contributed by atoms with van der Waals surface area (Å²) >= 11 is 0. The number of hydrogen-bond donors (Lipinski definition) is 2. The second-order valence-corrected chi connectivity index (χ2v) is 4.61. The topological polar surface area (TPSA) is 62.2 Å². The van der Waals surface area contributed by atoms with Crippen LogP contribution in [0.5, 0.6) is 0 Å². The first kappa shape index (κ1) is 14.2. The predicted octanol–water partition coefficient (Wildman–Crippen LogP) is 3.31. The van der Waals surface area contributed by atoms with Crippen LogP contribution in [0.2, 0.25) is 0 Å². The van der Waals surface area contributed by atoms with Gasteiger partial charge in [-0.2, -0.15) is 0 Å². The Hall–Kier alpha value is -2.20. The fraction of sp³-hybridized carbons (Fsp3) is 0.250. The van der Waals surface area contributed by atoms with E-state index in [-0.39, 0.29) is 5.91 Å². The monoisotopic (exact) mass is 270 g/mol. The zero-order valence-corrected chi connectivity index (χ0v) is 11.2. The molecule has 2 aromatic rings. The molecule has 0 fully saturated rings. The van der Waals surface area contributed by atoms with Crippen LogP contribution < -0.4 is 5.48 Å². The van der Waals surface area contributed by atoms with Crippen LogP contribution in [-0.4, -0.2) is 16.1 Å². The lowest BCUT2D eigenvalue weighted by Crippen LogP contribution is -2.17. The number of hydroxylamine groups is 1. The van der Waals surface area contributed by atoms with Gasteiger partial charge in [-0.25, -0.2) is 10.5 Å². The highest BCUT2D eigenvalue weighted by Crippen LogP contribution is 2.13. The molecule has 0 bridgehead atoms. The molecule has 1 heterocycles. The molecule has 1 aromatic carbocycles. The van der Waals surface area contributed by atoms with Crippen molar-refractivity contribution in [1.82, 2.24) is 10.5 Å². The maximum absolute atomic E-state index is 10.8. The van der Waals surface area contributed by atoms with Gasteiger partial charge in [0.25, 0.3) is 0 Å². The number of carbonyl (C=O) groups is 1. The molecule has 0 spiro atoms. The van der Waals surface area contributed by atoms with Gasteiger partial charge in [-0.05, 0) is 37.5 Å². The van der Waals surface area contributed by atoms with Crippen molar-refractivity contribution < 1.29 is 10.0 Å². The quantitative estimate of drug-likeness (QED) is 0.481. The molecule has 20 heavy (non-hydrogen) atoms. The first-order valence-electron chi connectivity index (χ1n) is 6.75. The Labute approximate surface area is 118 Å². The Bertz CT molecular complexity index is 608. The lowest BCUT2D eigenvalue weighted by atomic mass is 10.1. The minimum atomic E-state index is -0.329. The van der Waals surface area contributed by atoms with Gasteiger partial charge in [0.1, 0.15) is 0 Å². The highest BCUT2D eigenvalue weighted by molar-refractivity contribution is 5.79. The van der Waals surface area contributed by atoms with E-state index in [1.165, 1.54) is 0 Å². The Kier molecular flexibility index (Phi) is 5.26. The van der Waals surface area contributed by atoms with Gasteiger partial charge in [-0.1, -0.05) is 30.3 Å². The molecule has 0 radical (unpaired) electrons. The lowest BCUT2D eigenvalue weighted by Gasteiger charge is -1.99. The zero-order valence-electron chi connectivity index (χ0n) is 11.2. The Morgan fingerprint density at radius 1 is 1.20 bits per heavy atom. The van der Waals surface area contributed by atoms with Crippen molar-refractivity contribution >= 4 is 22.9 Å². The van der Waals surface area contributed by atoms with Crippen molar-refractivity contribution in [3.8, 4) is 0 Å². The molecule has 4 heteroatoms. The number of nitrogens with one attached hydrogen (secondary N) is 1. The number of benzene rings is 1. The number of unbranched alkanes of at least 4 members (excludes halogenated alkanes) is 2. The normalized spacial score (nSPS) is 11.1. The number of amides is 1. The molecule has 0 saturated carbocycles. The average Bonchev–Trinajstić information content (AvgIpc) is 2.50. The van der Waals surface area contributed by atoms with Crippen LogP contribution in [0.3, 0.4) is 0 Å². The average molecular weight is 270 g/mol. The predicted molar refractivity (Wildman–Crippen MR) is 79.2 cm³/mol. The number of carbonyl (C=O) groups excluding carboxylic acids is 1. The van der Waals surface area contributed by atoms with Crippen LogP contribution in [0, 0.1) is 0 Å². The van der Waals surface area contributed by atoms with Crippen LogP contribution in [0.1, 0.15) is 31.4 Å². The minimum absolute atomic E-state index is 0.329. The van der Waals surface area contributed by atoms with Crippen molar-refractivity contribution in [1.29, 1.82) is 0 Å². The van der Waals surface area contributed by atoms with Gasteiger partial charge in [0.2, 0.25) is 5.91 Å². The standard InChI is InChI=1S/C16H18N2O2/c19-16(18-20)10-4-2-1-3-8-14-12-11-13-7-5-6-9-15(13)17-14/h3,5-9,11-12,20H,1-2,4,10H2,(H,18,19)/b8-3+. The van der Waals surface area contributed by atoms with E-state index in [2.05, 4.69) is 17.1 Å². The molecular weight excluding hydrogens is 252 g/mol. The summed E-state index contributed by atoms with van der Waals surface area (Å²) < 4.78 is 0. The second-order valence-electron chi connectivity index (χ2n) is 4.61. The molecule has 1 amide bonds. The molecule has 2 rings (SSSR count). The molecule has 4 nitrogen and oxygen atoms in total. The van der Waals surface area contributed by atoms with E-state index < -0.39 is 0 Å². The Balaban J connectivity index is 1.82. The van der Waals surface area contributed by atoms with Gasteiger partial charge in [0.05, 0.1) is 11.2 Å². The zero-order chi connectivity index (χ0) is 14.2. The largest absolute Gasteiger partial charge is 0.289 e. The summed E-state index contributed by atoms with van der Waals surface area (Å²) in [5.41, 5.74) is 3.57. The molecule has 0 atom stereocenters. The number of para-hydroxylation sites is 1. The maximum atomic E-state index is 10.8. The summed E-state index contributed by atoms with van der Waals surface area (Å²) in [4.78, 5) is 15.4. The Morgan fingerprint density at radius 3 is 2.90 bits per heavy atom. The van der Waals surface area contributed by atoms with Gasteiger partial charge in [0.15, 0.2) is 0 Å². The van der Waals surface area contributed by atoms with E-state index in [0.717, 1.165) is 35.9 Å². The molecule has 0 unspecified atom stereocenters. The second kappa shape index (κ2) is 7.40. The van der Waals surface area contributed by atoms with Crippen LogP contribution >= 0.6 is 0 Å². The third-order valence-corrected chi connectivity index (χ3v) is 3.06. The van der Waals surface area contributed by atoms with Crippen molar-refractivity contribution in [3.63, 3.8) is 0 Å². The van der Waals surface area contributed by atoms with Crippen LogP contribution in [0.15, 0.2) is 42.5 Å². The van der Waals surface area contributed by atoms with E-state index in [1.807, 2.05) is 36.4 Å². The number of allylic oxidation sites excluding steroid dienone is 1. The minimum Gasteiger partial charge on any atom is -0.289 e. The van der Waals surface area contributed by atoms with E-state index >= 15 is 0 Å². The fourth-order valence-electron chi connectivity index (χ4n) is 1.98. The molecule has 0 aliphatic carbocycles.